The summed E-state index contributed by atoms with van der Waals surface area (Å²) in [5.41, 5.74) is 0.641. The number of rotatable bonds is 8. The summed E-state index contributed by atoms with van der Waals surface area (Å²) in [6.07, 6.45) is 2.40. The minimum absolute atomic E-state index is 0.135. The van der Waals surface area contributed by atoms with Gasteiger partial charge in [0.25, 0.3) is 11.8 Å². The molecule has 2 rings (SSSR count). The molecule has 1 heterocycles. The van der Waals surface area contributed by atoms with Crippen molar-refractivity contribution in [3.05, 3.63) is 24.3 Å². The number of hydrogen-bond acceptors (Lipinski definition) is 5. The number of piperidine rings is 1. The molecule has 28 heavy (non-hydrogen) atoms. The van der Waals surface area contributed by atoms with Gasteiger partial charge in [0.05, 0.1) is 20.8 Å². The van der Waals surface area contributed by atoms with Crippen LogP contribution in [0.15, 0.2) is 24.3 Å². The Kier molecular flexibility index (Phi) is 8.25. The molecule has 154 valence electrons. The van der Waals surface area contributed by atoms with Gasteiger partial charge >= 0.3 is 5.97 Å². The number of likely N-dealkylation sites (N-methyl/N-ethyl adjacent to an activating group) is 1. The molecule has 1 aliphatic rings. The van der Waals surface area contributed by atoms with Crippen molar-refractivity contribution in [1.29, 1.82) is 0 Å². The fourth-order valence-corrected chi connectivity index (χ4v) is 3.32. The number of carbonyl (C=O) groups excluding carboxylic acids is 3. The Morgan fingerprint density at radius 1 is 1.25 bits per heavy atom. The largest absolute Gasteiger partial charge is 0.497 e. The van der Waals surface area contributed by atoms with E-state index >= 15 is 0 Å². The maximum absolute atomic E-state index is 12.7. The number of benzene rings is 1. The van der Waals surface area contributed by atoms with Crippen molar-refractivity contribution in [1.82, 2.24) is 4.90 Å². The smallest absolute Gasteiger partial charge is 0.328 e. The summed E-state index contributed by atoms with van der Waals surface area (Å²) in [5, 5.41) is 2.81. The van der Waals surface area contributed by atoms with Crippen LogP contribution in [0.4, 0.5) is 5.69 Å². The van der Waals surface area contributed by atoms with Gasteiger partial charge in [-0.25, -0.2) is 4.79 Å². The van der Waals surface area contributed by atoms with Crippen molar-refractivity contribution < 1.29 is 28.8 Å². The van der Waals surface area contributed by atoms with Gasteiger partial charge in [0.15, 0.2) is 13.1 Å². The molecule has 2 N–H and O–H groups in total. The molecule has 1 aromatic carbocycles. The zero-order valence-corrected chi connectivity index (χ0v) is 16.8. The number of hydrogen-bond donors (Lipinski definition) is 2. The lowest BCUT2D eigenvalue weighted by molar-refractivity contribution is -0.862. The second kappa shape index (κ2) is 10.7. The predicted molar refractivity (Wildman–Crippen MR) is 104 cm³/mol. The highest BCUT2D eigenvalue weighted by molar-refractivity contribution is 5.92. The van der Waals surface area contributed by atoms with E-state index in [1.54, 1.807) is 50.2 Å². The van der Waals surface area contributed by atoms with Gasteiger partial charge in [-0.2, -0.15) is 0 Å². The van der Waals surface area contributed by atoms with E-state index in [2.05, 4.69) is 5.32 Å². The molecule has 1 unspecified atom stereocenters. The fourth-order valence-electron chi connectivity index (χ4n) is 3.32. The Balaban J connectivity index is 1.88. The van der Waals surface area contributed by atoms with Crippen LogP contribution in [0.5, 0.6) is 5.75 Å². The lowest BCUT2D eigenvalue weighted by Crippen LogP contribution is -3.11. The lowest BCUT2D eigenvalue weighted by Gasteiger charge is -2.34. The summed E-state index contributed by atoms with van der Waals surface area (Å²) in [6, 6.07) is 6.58. The Hall–Kier alpha value is -2.61. The molecule has 0 saturated carbocycles. The first-order chi connectivity index (χ1) is 13.4. The second-order valence-electron chi connectivity index (χ2n) is 6.94. The molecule has 0 radical (unpaired) electrons. The molecule has 2 atom stereocenters. The van der Waals surface area contributed by atoms with E-state index in [-0.39, 0.29) is 30.9 Å². The average molecular weight is 392 g/mol. The molecule has 1 aromatic rings. The molecule has 1 aliphatic heterocycles. The summed E-state index contributed by atoms with van der Waals surface area (Å²) in [7, 11) is 3.35. The number of nitrogens with zero attached hydrogens (tertiary/aromatic N) is 1. The minimum atomic E-state index is -0.514. The van der Waals surface area contributed by atoms with Crippen LogP contribution < -0.4 is 15.0 Å². The van der Waals surface area contributed by atoms with Crippen LogP contribution >= 0.6 is 0 Å². The number of nitrogens with one attached hydrogen (secondary N) is 2. The van der Waals surface area contributed by atoms with Gasteiger partial charge in [0.2, 0.25) is 0 Å². The standard InChI is InChI=1S/C20H29N3O5/c1-4-28-20(26)17-10-5-6-11-23(17)19(25)14-22(2)13-18(24)21-15-8-7-9-16(12-15)27-3/h7-9,12,17H,4-6,10-11,13-14H2,1-3H3,(H,21,24)/p+1/t17-/m1/s1. The van der Waals surface area contributed by atoms with E-state index in [9.17, 15) is 14.4 Å². The Morgan fingerprint density at radius 2 is 2.04 bits per heavy atom. The molecule has 2 amide bonds. The monoisotopic (exact) mass is 392 g/mol. The van der Waals surface area contributed by atoms with E-state index in [0.717, 1.165) is 17.7 Å². The minimum Gasteiger partial charge on any atom is -0.497 e. The van der Waals surface area contributed by atoms with Gasteiger partial charge in [-0.15, -0.1) is 0 Å². The number of anilines is 1. The third kappa shape index (κ3) is 6.23. The first-order valence-corrected chi connectivity index (χ1v) is 9.66. The Bertz CT molecular complexity index is 694. The van der Waals surface area contributed by atoms with Crippen LogP contribution in [-0.4, -0.2) is 69.1 Å². The normalized spacial score (nSPS) is 17.5. The number of likely N-dealkylation sites (tertiary alicyclic amines) is 1. The quantitative estimate of drug-likeness (QED) is 0.612. The molecular weight excluding hydrogens is 362 g/mol. The molecular formula is C20H30N3O5+. The third-order valence-corrected chi connectivity index (χ3v) is 4.65. The van der Waals surface area contributed by atoms with Gasteiger partial charge < -0.3 is 24.6 Å². The zero-order valence-electron chi connectivity index (χ0n) is 16.8. The number of quaternary nitrogens is 1. The first kappa shape index (κ1) is 21.7. The van der Waals surface area contributed by atoms with Crippen molar-refractivity contribution in [3.8, 4) is 5.75 Å². The average Bonchev–Trinajstić information content (AvgIpc) is 2.68. The van der Waals surface area contributed by atoms with E-state index in [1.165, 1.54) is 0 Å². The number of carbonyl (C=O) groups is 3. The number of methoxy groups -OCH3 is 1. The van der Waals surface area contributed by atoms with Crippen LogP contribution in [0, 0.1) is 0 Å². The predicted octanol–water partition coefficient (Wildman–Crippen LogP) is 0.0926. The van der Waals surface area contributed by atoms with Crippen molar-refractivity contribution in [2.45, 2.75) is 32.2 Å². The maximum Gasteiger partial charge on any atom is 0.328 e. The maximum atomic E-state index is 12.7. The highest BCUT2D eigenvalue weighted by atomic mass is 16.5. The van der Waals surface area contributed by atoms with E-state index in [4.69, 9.17) is 9.47 Å². The van der Waals surface area contributed by atoms with E-state index < -0.39 is 6.04 Å². The van der Waals surface area contributed by atoms with E-state index in [1.807, 2.05) is 0 Å². The van der Waals surface area contributed by atoms with Crippen LogP contribution in [0.2, 0.25) is 0 Å². The molecule has 0 aliphatic carbocycles. The number of amides is 2. The van der Waals surface area contributed by atoms with Crippen molar-refractivity contribution in [3.63, 3.8) is 0 Å². The lowest BCUT2D eigenvalue weighted by atomic mass is 10.0. The fraction of sp³-hybridized carbons (Fsp3) is 0.550. The van der Waals surface area contributed by atoms with Crippen molar-refractivity contribution in [2.75, 3.05) is 45.7 Å². The van der Waals surface area contributed by atoms with Crippen molar-refractivity contribution in [2.24, 2.45) is 0 Å². The Labute approximate surface area is 165 Å². The van der Waals surface area contributed by atoms with Gasteiger partial charge in [0, 0.05) is 18.3 Å². The van der Waals surface area contributed by atoms with Crippen molar-refractivity contribution >= 4 is 23.5 Å². The molecule has 8 heteroatoms. The molecule has 8 nitrogen and oxygen atoms in total. The van der Waals surface area contributed by atoms with Crippen LogP contribution in [0.1, 0.15) is 26.2 Å². The topological polar surface area (TPSA) is 89.4 Å². The Morgan fingerprint density at radius 3 is 2.75 bits per heavy atom. The SMILES string of the molecule is CCOC(=O)[C@H]1CCCCN1C(=O)C[NH+](C)CC(=O)Nc1cccc(OC)c1. The van der Waals surface area contributed by atoms with Crippen LogP contribution in [0.25, 0.3) is 0 Å². The summed E-state index contributed by atoms with van der Waals surface area (Å²) >= 11 is 0. The summed E-state index contributed by atoms with van der Waals surface area (Å²) < 4.78 is 10.2. The van der Waals surface area contributed by atoms with Crippen LogP contribution in [-0.2, 0) is 19.1 Å². The summed E-state index contributed by atoms with van der Waals surface area (Å²) in [5.74, 6) is -0.0173. The molecule has 0 bridgehead atoms. The van der Waals surface area contributed by atoms with Gasteiger partial charge in [-0.3, -0.25) is 9.59 Å². The molecule has 1 fully saturated rings. The van der Waals surface area contributed by atoms with Gasteiger partial charge in [-0.1, -0.05) is 6.07 Å². The van der Waals surface area contributed by atoms with Crippen LogP contribution in [0.3, 0.4) is 0 Å². The number of ether oxygens (including phenoxy) is 2. The number of esters is 1. The van der Waals surface area contributed by atoms with Gasteiger partial charge in [0.1, 0.15) is 11.8 Å². The van der Waals surface area contributed by atoms with E-state index in [0.29, 0.717) is 31.0 Å². The highest BCUT2D eigenvalue weighted by Crippen LogP contribution is 2.18. The summed E-state index contributed by atoms with van der Waals surface area (Å²) in [6.45, 7) is 2.88. The molecule has 0 aromatic heterocycles. The van der Waals surface area contributed by atoms with Gasteiger partial charge in [-0.05, 0) is 38.3 Å². The highest BCUT2D eigenvalue weighted by Gasteiger charge is 2.34. The summed E-state index contributed by atoms with van der Waals surface area (Å²) in [4.78, 5) is 39.5. The second-order valence-corrected chi connectivity index (χ2v) is 6.94. The zero-order chi connectivity index (χ0) is 20.5. The third-order valence-electron chi connectivity index (χ3n) is 4.65. The first-order valence-electron chi connectivity index (χ1n) is 9.66. The molecule has 0 spiro atoms. The molecule has 1 saturated heterocycles.